The van der Waals surface area contributed by atoms with Crippen LogP contribution in [-0.4, -0.2) is 47.8 Å². The number of rotatable bonds is 4. The van der Waals surface area contributed by atoms with E-state index >= 15 is 0 Å². The van der Waals surface area contributed by atoms with Crippen molar-refractivity contribution in [3.05, 3.63) is 30.4 Å². The molecule has 0 amide bonds. The largest absolute Gasteiger partial charge is 0.433 e. The van der Waals surface area contributed by atoms with E-state index in [0.29, 0.717) is 11.3 Å². The highest BCUT2D eigenvalue weighted by Crippen LogP contribution is 2.34. The van der Waals surface area contributed by atoms with Crippen molar-refractivity contribution in [1.29, 1.82) is 0 Å². The SMILES string of the molecule is CCS(=O)(=O)c1c(-c2nc3cc(C(F)(F)F)ncc3n2C)nc(-c2nccn2C)n1C. The molecule has 13 heteroatoms. The molecule has 0 saturated heterocycles. The molecule has 0 bridgehead atoms. The number of sulfone groups is 1. The highest BCUT2D eigenvalue weighted by atomic mass is 32.2. The Morgan fingerprint density at radius 1 is 1.00 bits per heavy atom. The van der Waals surface area contributed by atoms with E-state index in [4.69, 9.17) is 0 Å². The first kappa shape index (κ1) is 21.0. The van der Waals surface area contributed by atoms with Gasteiger partial charge in [-0.2, -0.15) is 13.2 Å². The summed E-state index contributed by atoms with van der Waals surface area (Å²) in [5.74, 6) is 0.638. The van der Waals surface area contributed by atoms with E-state index in [2.05, 4.69) is 19.9 Å². The Bertz CT molecular complexity index is 1410. The van der Waals surface area contributed by atoms with Gasteiger partial charge in [-0.3, -0.25) is 0 Å². The third-order valence-electron chi connectivity index (χ3n) is 5.01. The van der Waals surface area contributed by atoms with Gasteiger partial charge in [0.15, 0.2) is 32.3 Å². The summed E-state index contributed by atoms with van der Waals surface area (Å²) in [7, 11) is 1.10. The number of nitrogens with zero attached hydrogens (tertiary/aromatic N) is 7. The van der Waals surface area contributed by atoms with Gasteiger partial charge in [0, 0.05) is 33.5 Å². The Kier molecular flexibility index (Phi) is 4.68. The van der Waals surface area contributed by atoms with E-state index in [0.717, 1.165) is 12.3 Å². The summed E-state index contributed by atoms with van der Waals surface area (Å²) in [6, 6.07) is 0.829. The maximum Gasteiger partial charge on any atom is 0.433 e. The lowest BCUT2D eigenvalue weighted by Crippen LogP contribution is -2.12. The van der Waals surface area contributed by atoms with Crippen molar-refractivity contribution in [2.75, 3.05) is 5.75 Å². The molecular weight excluding hydrogens is 435 g/mol. The molecule has 9 nitrogen and oxygen atoms in total. The number of pyridine rings is 1. The summed E-state index contributed by atoms with van der Waals surface area (Å²) < 4.78 is 69.6. The summed E-state index contributed by atoms with van der Waals surface area (Å²) >= 11 is 0. The molecule has 0 radical (unpaired) electrons. The van der Waals surface area contributed by atoms with Crippen LogP contribution in [0.1, 0.15) is 12.6 Å². The first-order valence-electron chi connectivity index (χ1n) is 9.13. The van der Waals surface area contributed by atoms with Crippen LogP contribution >= 0.6 is 0 Å². The molecule has 0 unspecified atom stereocenters. The fourth-order valence-electron chi connectivity index (χ4n) is 3.36. The highest BCUT2D eigenvalue weighted by molar-refractivity contribution is 7.91. The molecule has 31 heavy (non-hydrogen) atoms. The number of hydrogen-bond acceptors (Lipinski definition) is 6. The van der Waals surface area contributed by atoms with Gasteiger partial charge in [-0.25, -0.2) is 28.4 Å². The summed E-state index contributed by atoms with van der Waals surface area (Å²) in [5.41, 5.74) is -0.703. The van der Waals surface area contributed by atoms with Gasteiger partial charge in [-0.15, -0.1) is 0 Å². The molecule has 4 rings (SSSR count). The van der Waals surface area contributed by atoms with Crippen LogP contribution < -0.4 is 0 Å². The van der Waals surface area contributed by atoms with Crippen LogP contribution in [0.15, 0.2) is 29.7 Å². The highest BCUT2D eigenvalue weighted by Gasteiger charge is 2.34. The quantitative estimate of drug-likeness (QED) is 0.471. The molecule has 0 saturated carbocycles. The van der Waals surface area contributed by atoms with Crippen LogP contribution in [0.25, 0.3) is 34.2 Å². The second-order valence-corrected chi connectivity index (χ2v) is 9.16. The van der Waals surface area contributed by atoms with Gasteiger partial charge in [-0.05, 0) is 6.07 Å². The van der Waals surface area contributed by atoms with E-state index in [-0.39, 0.29) is 33.6 Å². The number of hydrogen-bond donors (Lipinski definition) is 0. The van der Waals surface area contributed by atoms with Crippen molar-refractivity contribution in [1.82, 2.24) is 33.6 Å². The van der Waals surface area contributed by atoms with Crippen LogP contribution in [-0.2, 0) is 37.2 Å². The van der Waals surface area contributed by atoms with Crippen molar-refractivity contribution in [2.24, 2.45) is 21.1 Å². The zero-order valence-corrected chi connectivity index (χ0v) is 17.8. The minimum atomic E-state index is -4.63. The molecule has 0 spiro atoms. The number of alkyl halides is 3. The maximum atomic E-state index is 13.1. The van der Waals surface area contributed by atoms with Gasteiger partial charge in [0.05, 0.1) is 23.0 Å². The van der Waals surface area contributed by atoms with Crippen molar-refractivity contribution < 1.29 is 21.6 Å². The topological polar surface area (TPSA) is 100 Å². The number of imidazole rings is 3. The molecule has 164 valence electrons. The molecule has 0 atom stereocenters. The summed E-state index contributed by atoms with van der Waals surface area (Å²) in [6.07, 6.45) is -0.321. The second kappa shape index (κ2) is 6.90. The predicted molar refractivity (Wildman–Crippen MR) is 106 cm³/mol. The summed E-state index contributed by atoms with van der Waals surface area (Å²) in [6.45, 7) is 1.50. The third kappa shape index (κ3) is 3.28. The molecule has 0 fully saturated rings. The van der Waals surface area contributed by atoms with Crippen LogP contribution in [0.4, 0.5) is 13.2 Å². The first-order valence-corrected chi connectivity index (χ1v) is 10.8. The average Bonchev–Trinajstić information content (AvgIpc) is 3.36. The summed E-state index contributed by atoms with van der Waals surface area (Å²) in [5, 5.41) is -0.0876. The van der Waals surface area contributed by atoms with E-state index < -0.39 is 21.7 Å². The van der Waals surface area contributed by atoms with Gasteiger partial charge < -0.3 is 13.7 Å². The predicted octanol–water partition coefficient (Wildman–Crippen LogP) is 2.58. The lowest BCUT2D eigenvalue weighted by Gasteiger charge is -2.07. The van der Waals surface area contributed by atoms with E-state index in [9.17, 15) is 21.6 Å². The van der Waals surface area contributed by atoms with Crippen molar-refractivity contribution in [3.63, 3.8) is 0 Å². The third-order valence-corrected chi connectivity index (χ3v) is 6.82. The Hall–Kier alpha value is -3.22. The van der Waals surface area contributed by atoms with Crippen molar-refractivity contribution in [3.8, 4) is 23.2 Å². The van der Waals surface area contributed by atoms with Crippen molar-refractivity contribution >= 4 is 20.9 Å². The van der Waals surface area contributed by atoms with Gasteiger partial charge in [0.25, 0.3) is 0 Å². The fraction of sp³-hybridized carbons (Fsp3) is 0.333. The second-order valence-electron chi connectivity index (χ2n) is 6.96. The molecule has 0 N–H and O–H groups in total. The van der Waals surface area contributed by atoms with E-state index in [1.165, 1.54) is 16.1 Å². The molecule has 0 aromatic carbocycles. The van der Waals surface area contributed by atoms with E-state index in [1.54, 1.807) is 38.1 Å². The van der Waals surface area contributed by atoms with Gasteiger partial charge in [0.2, 0.25) is 0 Å². The molecule has 0 aliphatic rings. The maximum absolute atomic E-state index is 13.1. The Morgan fingerprint density at radius 3 is 2.29 bits per heavy atom. The van der Waals surface area contributed by atoms with Crippen LogP contribution in [0, 0.1) is 0 Å². The van der Waals surface area contributed by atoms with Crippen LogP contribution in [0.2, 0.25) is 0 Å². The Morgan fingerprint density at radius 2 is 1.71 bits per heavy atom. The van der Waals surface area contributed by atoms with Crippen LogP contribution in [0.3, 0.4) is 0 Å². The van der Waals surface area contributed by atoms with E-state index in [1.807, 2.05) is 0 Å². The summed E-state index contributed by atoms with van der Waals surface area (Å²) in [4.78, 5) is 16.5. The van der Waals surface area contributed by atoms with Crippen molar-refractivity contribution in [2.45, 2.75) is 18.1 Å². The Labute approximate surface area is 175 Å². The molecule has 0 aliphatic carbocycles. The minimum Gasteiger partial charge on any atom is -0.331 e. The zero-order valence-electron chi connectivity index (χ0n) is 17.0. The smallest absolute Gasteiger partial charge is 0.331 e. The number of fused-ring (bicyclic) bond motifs is 1. The normalized spacial score (nSPS) is 12.7. The van der Waals surface area contributed by atoms with Gasteiger partial charge in [-0.1, -0.05) is 6.92 Å². The number of aryl methyl sites for hydroxylation is 2. The molecule has 4 aromatic rings. The first-order chi connectivity index (χ1) is 14.5. The number of aromatic nitrogens is 7. The standard InChI is InChI=1S/C18H18F3N7O2S/c1-5-31(29,30)17-13(25-16(28(17)4)15-22-6-7-26(15)2)14-24-10-8-12(18(19,20)21)23-9-11(10)27(14)3/h6-9H,5H2,1-4H3. The van der Waals surface area contributed by atoms with Crippen LogP contribution in [0.5, 0.6) is 0 Å². The monoisotopic (exact) mass is 453 g/mol. The molecule has 4 aromatic heterocycles. The molecule has 4 heterocycles. The minimum absolute atomic E-state index is 0.0314. The zero-order chi connectivity index (χ0) is 22.7. The number of halogens is 3. The molecular formula is C18H18F3N7O2S. The lowest BCUT2D eigenvalue weighted by molar-refractivity contribution is -0.141. The Balaban J connectivity index is 2.03. The van der Waals surface area contributed by atoms with Gasteiger partial charge >= 0.3 is 6.18 Å². The molecule has 0 aliphatic heterocycles. The average molecular weight is 453 g/mol. The lowest BCUT2D eigenvalue weighted by atomic mass is 10.3. The fourth-order valence-corrected chi connectivity index (χ4v) is 4.57. The van der Waals surface area contributed by atoms with Gasteiger partial charge in [0.1, 0.15) is 11.4 Å².